The van der Waals surface area contributed by atoms with E-state index in [0.29, 0.717) is 4.90 Å². The van der Waals surface area contributed by atoms with Crippen LogP contribution in [0.4, 0.5) is 18.0 Å². The van der Waals surface area contributed by atoms with Gasteiger partial charge in [-0.2, -0.15) is 13.2 Å². The molecule has 0 spiro atoms. The Labute approximate surface area is 209 Å². The first-order valence-electron chi connectivity index (χ1n) is 10.5. The highest BCUT2D eigenvalue weighted by Gasteiger charge is 2.68. The average molecular weight is 527 g/mol. The molecule has 14 heteroatoms. The maximum Gasteiger partial charge on any atom is 0.440 e. The molecule has 0 aliphatic carbocycles. The van der Waals surface area contributed by atoms with Gasteiger partial charge in [0, 0.05) is 11.1 Å². The Kier molecular flexibility index (Phi) is 7.60. The molecule has 0 saturated carbocycles. The first-order chi connectivity index (χ1) is 17.5. The Balaban J connectivity index is 2.00. The molecule has 11 nitrogen and oxygen atoms in total. The predicted octanol–water partition coefficient (Wildman–Crippen LogP) is 2.47. The average Bonchev–Trinajstić information content (AvgIpc) is 3.12. The Hall–Kier alpha value is -4.36. The molecule has 2 aromatic carbocycles. The first kappa shape index (κ1) is 27.2. The van der Waals surface area contributed by atoms with Crippen LogP contribution in [0.3, 0.4) is 0 Å². The second-order valence-corrected chi connectivity index (χ2v) is 7.59. The van der Waals surface area contributed by atoms with Crippen LogP contribution in [-0.2, 0) is 11.3 Å². The molecule has 200 valence electrons. The summed E-state index contributed by atoms with van der Waals surface area (Å²) >= 11 is 0. The van der Waals surface area contributed by atoms with E-state index in [1.165, 1.54) is 53.7 Å². The Bertz CT molecular complexity index is 1200. The van der Waals surface area contributed by atoms with Gasteiger partial charge < -0.3 is 29.0 Å². The van der Waals surface area contributed by atoms with Crippen molar-refractivity contribution in [1.82, 2.24) is 15.5 Å². The number of hydrogen-bond acceptors (Lipinski definition) is 8. The molecule has 1 aliphatic rings. The van der Waals surface area contributed by atoms with Crippen LogP contribution >= 0.6 is 0 Å². The molecule has 1 heterocycles. The molecular formula is C23H24F3N3O8. The monoisotopic (exact) mass is 527 g/mol. The molecule has 2 N–H and O–H groups in total. The summed E-state index contributed by atoms with van der Waals surface area (Å²) in [6.07, 6.45) is -5.41. The van der Waals surface area contributed by atoms with Crippen LogP contribution < -0.4 is 34.3 Å². The Morgan fingerprint density at radius 3 is 1.97 bits per heavy atom. The lowest BCUT2D eigenvalue weighted by atomic mass is 10.1. The number of benzene rings is 2. The second-order valence-electron chi connectivity index (χ2n) is 7.59. The first-order valence-corrected chi connectivity index (χ1v) is 10.5. The third-order valence-electron chi connectivity index (χ3n) is 5.57. The van der Waals surface area contributed by atoms with Gasteiger partial charge in [0.15, 0.2) is 23.0 Å². The number of urea groups is 1. The smallest absolute Gasteiger partial charge is 0.440 e. The highest BCUT2D eigenvalue weighted by Crippen LogP contribution is 2.40. The zero-order valence-electron chi connectivity index (χ0n) is 20.4. The molecule has 1 fully saturated rings. The van der Waals surface area contributed by atoms with Crippen LogP contribution in [0, 0.1) is 0 Å². The van der Waals surface area contributed by atoms with Gasteiger partial charge in [-0.1, -0.05) is 12.1 Å². The number of nitrogens with zero attached hydrogens (tertiary/aromatic N) is 1. The fourth-order valence-electron chi connectivity index (χ4n) is 3.77. The molecule has 0 bridgehead atoms. The van der Waals surface area contributed by atoms with E-state index in [4.69, 9.17) is 23.7 Å². The maximum atomic E-state index is 14.3. The van der Waals surface area contributed by atoms with Gasteiger partial charge in [0.05, 0.1) is 42.1 Å². The standard InChI is InChI=1S/C23H24F3N3O8/c1-33-14-8-6-7-12(17(14)36-4)11-29-20(31)22(23(24,25)26,28-21(29)32)27-19(30)13-9-15(34-2)18(37-5)16(10-13)35-3/h6-10H,11H2,1-5H3,(H,27,30)(H,28,32)/t22-/m0/s1. The molecule has 0 unspecified atom stereocenters. The van der Waals surface area contributed by atoms with E-state index >= 15 is 0 Å². The molecule has 4 amide bonds. The quantitative estimate of drug-likeness (QED) is 0.477. The molecule has 2 aromatic rings. The summed E-state index contributed by atoms with van der Waals surface area (Å²) in [5.74, 6) is -2.65. The summed E-state index contributed by atoms with van der Waals surface area (Å²) in [7, 11) is 6.45. The van der Waals surface area contributed by atoms with Crippen molar-refractivity contribution in [1.29, 1.82) is 0 Å². The SMILES string of the molecule is COc1cccc(CN2C(=O)N[C@](NC(=O)c3cc(OC)c(OC)c(OC)c3)(C(F)(F)F)C2=O)c1OC. The lowest BCUT2D eigenvalue weighted by molar-refractivity contribution is -0.200. The van der Waals surface area contributed by atoms with Crippen molar-refractivity contribution in [2.45, 2.75) is 18.4 Å². The van der Waals surface area contributed by atoms with Crippen LogP contribution in [0.5, 0.6) is 28.7 Å². The van der Waals surface area contributed by atoms with E-state index in [1.54, 1.807) is 10.6 Å². The van der Waals surface area contributed by atoms with Crippen LogP contribution in [0.15, 0.2) is 30.3 Å². The predicted molar refractivity (Wildman–Crippen MR) is 121 cm³/mol. The lowest BCUT2D eigenvalue weighted by Crippen LogP contribution is -2.69. The van der Waals surface area contributed by atoms with Crippen molar-refractivity contribution in [2.75, 3.05) is 35.5 Å². The molecule has 1 saturated heterocycles. The fraction of sp³-hybridized carbons (Fsp3) is 0.348. The van der Waals surface area contributed by atoms with Gasteiger partial charge in [-0.05, 0) is 18.2 Å². The van der Waals surface area contributed by atoms with Gasteiger partial charge in [0.2, 0.25) is 5.75 Å². The highest BCUT2D eigenvalue weighted by atomic mass is 19.4. The fourth-order valence-corrected chi connectivity index (χ4v) is 3.77. The second kappa shape index (κ2) is 10.3. The molecular weight excluding hydrogens is 503 g/mol. The number of methoxy groups -OCH3 is 5. The Morgan fingerprint density at radius 2 is 1.49 bits per heavy atom. The van der Waals surface area contributed by atoms with E-state index in [1.807, 2.05) is 0 Å². The van der Waals surface area contributed by atoms with Gasteiger partial charge in [-0.15, -0.1) is 0 Å². The number of hydrogen-bond donors (Lipinski definition) is 2. The number of carbonyl (C=O) groups is 3. The summed E-state index contributed by atoms with van der Waals surface area (Å²) < 4.78 is 68.7. The third-order valence-corrected chi connectivity index (χ3v) is 5.57. The zero-order chi connectivity index (χ0) is 27.5. The molecule has 1 aliphatic heterocycles. The van der Waals surface area contributed by atoms with Gasteiger partial charge in [-0.25, -0.2) is 4.79 Å². The Morgan fingerprint density at radius 1 is 0.919 bits per heavy atom. The number of carbonyl (C=O) groups excluding carboxylic acids is 3. The van der Waals surface area contributed by atoms with Crippen molar-refractivity contribution < 1.29 is 51.2 Å². The van der Waals surface area contributed by atoms with Crippen molar-refractivity contribution >= 4 is 17.8 Å². The van der Waals surface area contributed by atoms with E-state index in [9.17, 15) is 27.6 Å². The van der Waals surface area contributed by atoms with Crippen molar-refractivity contribution in [2.24, 2.45) is 0 Å². The molecule has 37 heavy (non-hydrogen) atoms. The van der Waals surface area contributed by atoms with Crippen molar-refractivity contribution in [3.8, 4) is 28.7 Å². The van der Waals surface area contributed by atoms with E-state index < -0.39 is 36.2 Å². The normalized spacial score (nSPS) is 17.2. The van der Waals surface area contributed by atoms with E-state index in [0.717, 1.165) is 12.1 Å². The largest absolute Gasteiger partial charge is 0.493 e. The minimum absolute atomic E-state index is 0.0124. The van der Waals surface area contributed by atoms with Gasteiger partial charge >= 0.3 is 12.2 Å². The number of imide groups is 1. The van der Waals surface area contributed by atoms with Crippen LogP contribution in [-0.4, -0.2) is 70.1 Å². The summed E-state index contributed by atoms with van der Waals surface area (Å²) in [6.45, 7) is -0.594. The summed E-state index contributed by atoms with van der Waals surface area (Å²) in [4.78, 5) is 39.0. The van der Waals surface area contributed by atoms with Crippen molar-refractivity contribution in [3.63, 3.8) is 0 Å². The zero-order valence-corrected chi connectivity index (χ0v) is 20.4. The number of alkyl halides is 3. The van der Waals surface area contributed by atoms with Crippen LogP contribution in [0.1, 0.15) is 15.9 Å². The number of ether oxygens (including phenoxy) is 5. The molecule has 1 atom stereocenters. The molecule has 3 rings (SSSR count). The van der Waals surface area contributed by atoms with Gasteiger partial charge in [0.1, 0.15) is 0 Å². The molecule has 0 radical (unpaired) electrons. The number of para-hydroxylation sites is 1. The van der Waals surface area contributed by atoms with Crippen LogP contribution in [0.25, 0.3) is 0 Å². The van der Waals surface area contributed by atoms with Gasteiger partial charge in [0.25, 0.3) is 17.5 Å². The number of halogens is 3. The lowest BCUT2D eigenvalue weighted by Gasteiger charge is -2.30. The maximum absolute atomic E-state index is 14.3. The number of rotatable bonds is 9. The van der Waals surface area contributed by atoms with E-state index in [-0.39, 0.29) is 39.9 Å². The topological polar surface area (TPSA) is 125 Å². The van der Waals surface area contributed by atoms with Crippen molar-refractivity contribution in [3.05, 3.63) is 41.5 Å². The number of amides is 4. The summed E-state index contributed by atoms with van der Waals surface area (Å²) in [5, 5.41) is 3.24. The minimum atomic E-state index is -5.41. The number of nitrogens with one attached hydrogen (secondary N) is 2. The third kappa shape index (κ3) is 4.73. The summed E-state index contributed by atoms with van der Waals surface area (Å²) in [6, 6.07) is 5.31. The summed E-state index contributed by atoms with van der Waals surface area (Å²) in [5.41, 5.74) is -3.90. The highest BCUT2D eigenvalue weighted by molar-refractivity contribution is 6.10. The van der Waals surface area contributed by atoms with Crippen LogP contribution in [0.2, 0.25) is 0 Å². The van der Waals surface area contributed by atoms with Gasteiger partial charge in [-0.3, -0.25) is 19.8 Å². The van der Waals surface area contributed by atoms with E-state index in [2.05, 4.69) is 0 Å². The minimum Gasteiger partial charge on any atom is -0.493 e. The molecule has 0 aromatic heterocycles.